The highest BCUT2D eigenvalue weighted by Crippen LogP contribution is 2.29. The highest BCUT2D eigenvalue weighted by Gasteiger charge is 2.50. The fourth-order valence-corrected chi connectivity index (χ4v) is 3.95. The Morgan fingerprint density at radius 3 is 1.93 bits per heavy atom. The van der Waals surface area contributed by atoms with E-state index in [9.17, 15) is 30.6 Å². The molecule has 0 saturated carbocycles. The molecular formula is C17H35NO10Si. The van der Waals surface area contributed by atoms with E-state index in [2.05, 4.69) is 19.6 Å². The first-order valence-corrected chi connectivity index (χ1v) is 13.5. The topological polar surface area (TPSA) is 184 Å². The van der Waals surface area contributed by atoms with Crippen LogP contribution in [0.4, 0.5) is 0 Å². The van der Waals surface area contributed by atoms with E-state index in [1.807, 2.05) is 0 Å². The standard InChI is InChI=1S/C17H35NO10Si/c1-29(2,3)5-4-25-16-14(24)12(22)15(9(7-20)27-16)28-17-13(23)11(21)10(18)8(6-19)26-17/h8-17,19-24H,4-7,18H2,1-3H3/t8-,9-,10+,11+,12-,13-,14-,15+,16-,17-/m1/s1. The summed E-state index contributed by atoms with van der Waals surface area (Å²) in [5, 5.41) is 60.1. The van der Waals surface area contributed by atoms with Crippen molar-refractivity contribution in [1.29, 1.82) is 0 Å². The molecule has 0 bridgehead atoms. The normalized spacial score (nSPS) is 44.1. The molecule has 2 aliphatic rings. The molecule has 29 heavy (non-hydrogen) atoms. The van der Waals surface area contributed by atoms with Gasteiger partial charge in [-0.25, -0.2) is 0 Å². The van der Waals surface area contributed by atoms with Gasteiger partial charge in [0.25, 0.3) is 0 Å². The van der Waals surface area contributed by atoms with Crippen LogP contribution < -0.4 is 5.73 Å². The second kappa shape index (κ2) is 10.4. The third kappa shape index (κ3) is 6.15. The lowest BCUT2D eigenvalue weighted by Crippen LogP contribution is -2.66. The summed E-state index contributed by atoms with van der Waals surface area (Å²) in [6, 6.07) is -0.215. The number of ether oxygens (including phenoxy) is 4. The van der Waals surface area contributed by atoms with E-state index >= 15 is 0 Å². The number of aliphatic hydroxyl groups is 6. The summed E-state index contributed by atoms with van der Waals surface area (Å²) in [4.78, 5) is 0. The van der Waals surface area contributed by atoms with E-state index < -0.39 is 82.6 Å². The molecule has 0 aromatic carbocycles. The summed E-state index contributed by atoms with van der Waals surface area (Å²) in [6.07, 6.45) is -12.0. The fourth-order valence-electron chi connectivity index (χ4n) is 3.22. The van der Waals surface area contributed by atoms with E-state index in [4.69, 9.17) is 24.7 Å². The lowest BCUT2D eigenvalue weighted by molar-refractivity contribution is -0.351. The molecule has 2 heterocycles. The second-order valence-electron chi connectivity index (χ2n) is 8.77. The third-order valence-electron chi connectivity index (χ3n) is 5.19. The monoisotopic (exact) mass is 441 g/mol. The molecule has 2 aliphatic heterocycles. The fraction of sp³-hybridized carbons (Fsp3) is 1.00. The molecule has 2 rings (SSSR count). The number of aliphatic hydroxyl groups excluding tert-OH is 6. The van der Waals surface area contributed by atoms with Gasteiger partial charge in [-0.15, -0.1) is 0 Å². The Morgan fingerprint density at radius 1 is 0.828 bits per heavy atom. The summed E-state index contributed by atoms with van der Waals surface area (Å²) in [6.45, 7) is 5.75. The molecule has 11 nitrogen and oxygen atoms in total. The van der Waals surface area contributed by atoms with Crippen molar-refractivity contribution in [3.05, 3.63) is 0 Å². The minimum absolute atomic E-state index is 0.334. The van der Waals surface area contributed by atoms with Crippen LogP contribution in [0.2, 0.25) is 25.7 Å². The van der Waals surface area contributed by atoms with Crippen LogP contribution >= 0.6 is 0 Å². The van der Waals surface area contributed by atoms with Crippen LogP contribution in [0.5, 0.6) is 0 Å². The summed E-state index contributed by atoms with van der Waals surface area (Å²) in [5.74, 6) is 0. The Kier molecular flexibility index (Phi) is 8.97. The molecule has 172 valence electrons. The van der Waals surface area contributed by atoms with Crippen molar-refractivity contribution < 1.29 is 49.6 Å². The van der Waals surface area contributed by atoms with Crippen LogP contribution in [0.3, 0.4) is 0 Å². The van der Waals surface area contributed by atoms with Crippen molar-refractivity contribution in [3.8, 4) is 0 Å². The molecule has 0 aromatic heterocycles. The Morgan fingerprint density at radius 2 is 1.38 bits per heavy atom. The predicted octanol–water partition coefficient (Wildman–Crippen LogP) is -3.07. The van der Waals surface area contributed by atoms with Crippen molar-refractivity contribution in [2.24, 2.45) is 5.73 Å². The zero-order chi connectivity index (χ0) is 21.9. The molecule has 0 aliphatic carbocycles. The average Bonchev–Trinajstić information content (AvgIpc) is 2.66. The van der Waals surface area contributed by atoms with Gasteiger partial charge < -0.3 is 55.3 Å². The summed E-state index contributed by atoms with van der Waals surface area (Å²) < 4.78 is 22.0. The first-order chi connectivity index (χ1) is 13.5. The molecular weight excluding hydrogens is 406 g/mol. The van der Waals surface area contributed by atoms with Crippen molar-refractivity contribution in [2.45, 2.75) is 87.0 Å². The van der Waals surface area contributed by atoms with E-state index in [-0.39, 0.29) is 0 Å². The Bertz CT molecular complexity index is 505. The molecule has 8 N–H and O–H groups in total. The SMILES string of the molecule is C[Si](C)(C)CCO[C@@H]1O[C@H](CO)[C@H](O[C@H]2O[C@H](CO)[C@H](N)[C@H](O)[C@H]2O)[C@H](O)[C@H]1O. The molecule has 2 fully saturated rings. The highest BCUT2D eigenvalue weighted by molar-refractivity contribution is 6.76. The summed E-state index contributed by atoms with van der Waals surface area (Å²) >= 11 is 0. The first kappa shape index (κ1) is 25.0. The minimum atomic E-state index is -1.57. The number of nitrogens with two attached hydrogens (primary N) is 1. The first-order valence-electron chi connectivity index (χ1n) is 9.77. The Balaban J connectivity index is 2.03. The Labute approximate surface area is 171 Å². The van der Waals surface area contributed by atoms with Crippen molar-refractivity contribution >= 4 is 8.07 Å². The third-order valence-corrected chi connectivity index (χ3v) is 6.89. The smallest absolute Gasteiger partial charge is 0.187 e. The number of hydrogen-bond donors (Lipinski definition) is 7. The van der Waals surface area contributed by atoms with Gasteiger partial charge in [-0.05, 0) is 6.04 Å². The maximum atomic E-state index is 10.5. The molecule has 10 atom stereocenters. The van der Waals surface area contributed by atoms with Gasteiger partial charge in [-0.2, -0.15) is 0 Å². The average molecular weight is 442 g/mol. The van der Waals surface area contributed by atoms with Crippen molar-refractivity contribution in [1.82, 2.24) is 0 Å². The van der Waals surface area contributed by atoms with Crippen molar-refractivity contribution in [3.63, 3.8) is 0 Å². The van der Waals surface area contributed by atoms with Crippen LogP contribution in [-0.2, 0) is 18.9 Å². The predicted molar refractivity (Wildman–Crippen MR) is 102 cm³/mol. The van der Waals surface area contributed by atoms with Crippen LogP contribution in [-0.4, -0.2) is 120 Å². The zero-order valence-corrected chi connectivity index (χ0v) is 18.0. The van der Waals surface area contributed by atoms with Gasteiger partial charge >= 0.3 is 0 Å². The van der Waals surface area contributed by atoms with E-state index in [0.29, 0.717) is 6.61 Å². The molecule has 0 radical (unpaired) electrons. The van der Waals surface area contributed by atoms with Gasteiger partial charge in [0, 0.05) is 14.7 Å². The van der Waals surface area contributed by atoms with Gasteiger partial charge in [0.2, 0.25) is 0 Å². The van der Waals surface area contributed by atoms with E-state index in [0.717, 1.165) is 6.04 Å². The van der Waals surface area contributed by atoms with Gasteiger partial charge in [-0.3, -0.25) is 0 Å². The number of rotatable bonds is 8. The van der Waals surface area contributed by atoms with Gasteiger partial charge in [0.15, 0.2) is 12.6 Å². The largest absolute Gasteiger partial charge is 0.394 e. The van der Waals surface area contributed by atoms with E-state index in [1.54, 1.807) is 0 Å². The highest BCUT2D eigenvalue weighted by atomic mass is 28.3. The molecule has 0 unspecified atom stereocenters. The van der Waals surface area contributed by atoms with E-state index in [1.165, 1.54) is 0 Å². The zero-order valence-electron chi connectivity index (χ0n) is 17.0. The Hall–Kier alpha value is -0.223. The quantitative estimate of drug-likeness (QED) is 0.190. The van der Waals surface area contributed by atoms with Crippen molar-refractivity contribution in [2.75, 3.05) is 19.8 Å². The lowest BCUT2D eigenvalue weighted by Gasteiger charge is -2.46. The maximum Gasteiger partial charge on any atom is 0.187 e. The molecule has 12 heteroatoms. The van der Waals surface area contributed by atoms with Crippen LogP contribution in [0.25, 0.3) is 0 Å². The molecule has 0 amide bonds. The molecule has 0 spiro atoms. The second-order valence-corrected chi connectivity index (χ2v) is 14.4. The van der Waals surface area contributed by atoms with Gasteiger partial charge in [-0.1, -0.05) is 19.6 Å². The summed E-state index contributed by atoms with van der Waals surface area (Å²) in [5.41, 5.74) is 5.70. The minimum Gasteiger partial charge on any atom is -0.394 e. The molecule has 0 aromatic rings. The van der Waals surface area contributed by atoms with Crippen LogP contribution in [0.1, 0.15) is 0 Å². The molecule has 2 saturated heterocycles. The summed E-state index contributed by atoms with van der Waals surface area (Å²) in [7, 11) is -1.38. The van der Waals surface area contributed by atoms with Gasteiger partial charge in [0.05, 0.1) is 19.3 Å². The van der Waals surface area contributed by atoms with Crippen LogP contribution in [0, 0.1) is 0 Å². The number of hydrogen-bond acceptors (Lipinski definition) is 11. The maximum absolute atomic E-state index is 10.5. The lowest BCUT2D eigenvalue weighted by atomic mass is 9.96. The van der Waals surface area contributed by atoms with Gasteiger partial charge in [0.1, 0.15) is 42.7 Å². The van der Waals surface area contributed by atoms with Crippen LogP contribution in [0.15, 0.2) is 0 Å².